The molecule has 3 aromatic rings. The number of β-amino-alcohol motifs (C(OH)–C–C–N with tert-alkyl or cyclic N) is 1. The van der Waals surface area contributed by atoms with Gasteiger partial charge in [0.1, 0.15) is 11.3 Å². The molecule has 0 spiro atoms. The Balaban J connectivity index is 1.15. The maximum Gasteiger partial charge on any atom is 0.231 e. The Bertz CT molecular complexity index is 1220. The lowest BCUT2D eigenvalue weighted by molar-refractivity contribution is 0.0398. The summed E-state index contributed by atoms with van der Waals surface area (Å²) in [4.78, 5) is 22.0. The number of nitrogens with one attached hydrogen (secondary N) is 3. The molecule has 10 nitrogen and oxygen atoms in total. The van der Waals surface area contributed by atoms with E-state index in [0.717, 1.165) is 93.2 Å². The molecule has 2 aliphatic heterocycles. The second kappa shape index (κ2) is 11.3. The van der Waals surface area contributed by atoms with Crippen molar-refractivity contribution in [2.75, 3.05) is 48.8 Å². The van der Waals surface area contributed by atoms with Crippen LogP contribution >= 0.6 is 0 Å². The number of imidazole rings is 1. The summed E-state index contributed by atoms with van der Waals surface area (Å²) in [6.07, 6.45) is 11.9. The molecular weight excluding hydrogens is 480 g/mol. The van der Waals surface area contributed by atoms with Crippen LogP contribution in [0.5, 0.6) is 5.75 Å². The number of benzene rings is 1. The zero-order valence-corrected chi connectivity index (χ0v) is 22.3. The molecule has 2 aromatic heterocycles. The molecule has 3 aliphatic rings. The summed E-state index contributed by atoms with van der Waals surface area (Å²) >= 11 is 0. The smallest absolute Gasteiger partial charge is 0.231 e. The van der Waals surface area contributed by atoms with Gasteiger partial charge in [0.25, 0.3) is 0 Å². The van der Waals surface area contributed by atoms with Crippen LogP contribution in [0.4, 0.5) is 23.1 Å². The molecule has 204 valence electrons. The Kier molecular flexibility index (Phi) is 7.51. The molecule has 2 saturated heterocycles. The van der Waals surface area contributed by atoms with Crippen LogP contribution < -0.4 is 20.3 Å². The number of nitrogens with zero attached hydrogens (tertiary/aromatic N) is 5. The number of hydrogen-bond donors (Lipinski definition) is 4. The Morgan fingerprint density at radius 3 is 2.63 bits per heavy atom. The van der Waals surface area contributed by atoms with E-state index in [-0.39, 0.29) is 6.10 Å². The van der Waals surface area contributed by atoms with Crippen LogP contribution in [0.3, 0.4) is 0 Å². The molecule has 6 rings (SSSR count). The molecule has 1 aliphatic carbocycles. The number of hydrogen-bond acceptors (Lipinski definition) is 9. The van der Waals surface area contributed by atoms with Gasteiger partial charge in [-0.25, -0.2) is 4.98 Å². The summed E-state index contributed by atoms with van der Waals surface area (Å²) in [5.41, 5.74) is 3.46. The number of aliphatic hydroxyl groups is 1. The highest BCUT2D eigenvalue weighted by Gasteiger charge is 2.28. The number of piperidine rings is 2. The summed E-state index contributed by atoms with van der Waals surface area (Å²) < 4.78 is 5.78. The van der Waals surface area contributed by atoms with Crippen molar-refractivity contribution in [3.8, 4) is 5.75 Å². The number of ether oxygens (including phenoxy) is 1. The van der Waals surface area contributed by atoms with Crippen LogP contribution in [0.1, 0.15) is 57.8 Å². The zero-order chi connectivity index (χ0) is 25.9. The molecule has 0 unspecified atom stereocenters. The van der Waals surface area contributed by atoms with Gasteiger partial charge in [-0.2, -0.15) is 9.97 Å². The van der Waals surface area contributed by atoms with E-state index in [0.29, 0.717) is 23.7 Å². The van der Waals surface area contributed by atoms with Crippen molar-refractivity contribution in [3.63, 3.8) is 0 Å². The molecule has 0 bridgehead atoms. The molecule has 0 amide bonds. The largest absolute Gasteiger partial charge is 0.494 e. The zero-order valence-electron chi connectivity index (χ0n) is 22.3. The van der Waals surface area contributed by atoms with Gasteiger partial charge in [0.05, 0.1) is 25.2 Å². The average molecular weight is 521 g/mol. The quantitative estimate of drug-likeness (QED) is 0.362. The monoisotopic (exact) mass is 520 g/mol. The summed E-state index contributed by atoms with van der Waals surface area (Å²) in [6.45, 7) is 3.94. The van der Waals surface area contributed by atoms with Crippen molar-refractivity contribution >= 4 is 34.3 Å². The van der Waals surface area contributed by atoms with Gasteiger partial charge in [-0.05, 0) is 57.2 Å². The number of likely N-dealkylation sites (tertiary alicyclic amines) is 1. The van der Waals surface area contributed by atoms with Crippen LogP contribution in [-0.4, -0.2) is 81.4 Å². The molecule has 10 heteroatoms. The van der Waals surface area contributed by atoms with E-state index in [1.54, 1.807) is 13.4 Å². The molecule has 4 N–H and O–H groups in total. The standard InChI is InChI=1S/C28H40N8O2/c1-38-24-16-21(35-14-11-20(12-15-35)36-13-5-8-22(37)17-36)9-10-23(24)32-28-33-26-25(29-18-30-26)27(34-28)31-19-6-3-2-4-7-19/h9-10,16,18-20,22,37H,2-8,11-15,17H2,1H3,(H3,29,30,31,32,33,34)/t22-/m1/s1. The molecule has 1 aromatic carbocycles. The number of fused-ring (bicyclic) bond motifs is 1. The minimum absolute atomic E-state index is 0.164. The summed E-state index contributed by atoms with van der Waals surface area (Å²) in [6, 6.07) is 7.28. The van der Waals surface area contributed by atoms with Crippen molar-refractivity contribution in [3.05, 3.63) is 24.5 Å². The Morgan fingerprint density at radius 2 is 1.84 bits per heavy atom. The highest BCUT2D eigenvalue weighted by molar-refractivity contribution is 5.84. The first-order valence-electron chi connectivity index (χ1n) is 14.3. The van der Waals surface area contributed by atoms with Crippen LogP contribution in [-0.2, 0) is 0 Å². The van der Waals surface area contributed by atoms with Gasteiger partial charge in [-0.3, -0.25) is 4.90 Å². The van der Waals surface area contributed by atoms with Gasteiger partial charge >= 0.3 is 0 Å². The van der Waals surface area contributed by atoms with Crippen molar-refractivity contribution < 1.29 is 9.84 Å². The van der Waals surface area contributed by atoms with Crippen LogP contribution in [0.15, 0.2) is 24.5 Å². The van der Waals surface area contributed by atoms with Crippen molar-refractivity contribution in [2.45, 2.75) is 76.0 Å². The van der Waals surface area contributed by atoms with Gasteiger partial charge in [-0.1, -0.05) is 19.3 Å². The maximum atomic E-state index is 10.1. The van der Waals surface area contributed by atoms with Gasteiger partial charge < -0.3 is 30.4 Å². The fourth-order valence-corrected chi connectivity index (χ4v) is 6.34. The Morgan fingerprint density at radius 1 is 1.00 bits per heavy atom. The van der Waals surface area contributed by atoms with E-state index in [2.05, 4.69) is 47.5 Å². The minimum atomic E-state index is -0.164. The van der Waals surface area contributed by atoms with Gasteiger partial charge in [0.2, 0.25) is 5.95 Å². The summed E-state index contributed by atoms with van der Waals surface area (Å²) in [5.74, 6) is 2.05. The van der Waals surface area contributed by atoms with E-state index in [4.69, 9.17) is 9.72 Å². The number of aliphatic hydroxyl groups excluding tert-OH is 1. The lowest BCUT2D eigenvalue weighted by Crippen LogP contribution is -2.49. The molecular formula is C28H40N8O2. The second-order valence-corrected chi connectivity index (χ2v) is 11.0. The summed E-state index contributed by atoms with van der Waals surface area (Å²) in [7, 11) is 1.70. The fourth-order valence-electron chi connectivity index (χ4n) is 6.34. The van der Waals surface area contributed by atoms with E-state index >= 15 is 0 Å². The van der Waals surface area contributed by atoms with E-state index in [1.807, 2.05) is 6.07 Å². The van der Waals surface area contributed by atoms with Crippen LogP contribution in [0.2, 0.25) is 0 Å². The first-order chi connectivity index (χ1) is 18.7. The number of anilines is 4. The van der Waals surface area contributed by atoms with E-state index in [9.17, 15) is 5.11 Å². The summed E-state index contributed by atoms with van der Waals surface area (Å²) in [5, 5.41) is 17.1. The normalized spacial score (nSPS) is 22.1. The third kappa shape index (κ3) is 5.51. The molecule has 4 heterocycles. The first-order valence-corrected chi connectivity index (χ1v) is 14.3. The average Bonchev–Trinajstić information content (AvgIpc) is 3.43. The van der Waals surface area contributed by atoms with Gasteiger partial charge in [0, 0.05) is 43.5 Å². The Labute approximate surface area is 224 Å². The molecule has 1 saturated carbocycles. The Hall–Kier alpha value is -3.11. The van der Waals surface area contributed by atoms with Gasteiger partial charge in [-0.15, -0.1) is 0 Å². The lowest BCUT2D eigenvalue weighted by atomic mass is 9.95. The molecule has 38 heavy (non-hydrogen) atoms. The molecule has 0 radical (unpaired) electrons. The maximum absolute atomic E-state index is 10.1. The van der Waals surface area contributed by atoms with Crippen LogP contribution in [0, 0.1) is 0 Å². The van der Waals surface area contributed by atoms with E-state index < -0.39 is 0 Å². The number of H-pyrrole nitrogens is 1. The highest BCUT2D eigenvalue weighted by atomic mass is 16.5. The predicted molar refractivity (Wildman–Crippen MR) is 151 cm³/mol. The second-order valence-electron chi connectivity index (χ2n) is 11.0. The van der Waals surface area contributed by atoms with Crippen molar-refractivity contribution in [2.24, 2.45) is 0 Å². The van der Waals surface area contributed by atoms with Crippen molar-refractivity contribution in [1.82, 2.24) is 24.8 Å². The first kappa shape index (κ1) is 25.2. The topological polar surface area (TPSA) is 114 Å². The minimum Gasteiger partial charge on any atom is -0.494 e. The number of methoxy groups -OCH3 is 1. The lowest BCUT2D eigenvalue weighted by Gasteiger charge is -2.42. The predicted octanol–water partition coefficient (Wildman–Crippen LogP) is 4.28. The van der Waals surface area contributed by atoms with Gasteiger partial charge in [0.15, 0.2) is 11.5 Å². The van der Waals surface area contributed by atoms with Crippen molar-refractivity contribution in [1.29, 1.82) is 0 Å². The number of aromatic amines is 1. The number of rotatable bonds is 7. The third-order valence-electron chi connectivity index (χ3n) is 8.44. The molecule has 1 atom stereocenters. The third-order valence-corrected chi connectivity index (χ3v) is 8.44. The van der Waals surface area contributed by atoms with E-state index in [1.165, 1.54) is 19.3 Å². The highest BCUT2D eigenvalue weighted by Crippen LogP contribution is 2.34. The SMILES string of the molecule is COc1cc(N2CCC(N3CCC[C@@H](O)C3)CC2)ccc1Nc1nc(NC2CCCCC2)c2[nH]cnc2n1. The van der Waals surface area contributed by atoms with Crippen LogP contribution in [0.25, 0.3) is 11.2 Å². The molecule has 3 fully saturated rings. The fraction of sp³-hybridized carbons (Fsp3) is 0.607. The number of aromatic nitrogens is 4.